The molecule has 0 saturated carbocycles. The summed E-state index contributed by atoms with van der Waals surface area (Å²) in [6, 6.07) is 0. The minimum Gasteiger partial charge on any atom is -0.300 e. The third-order valence-corrected chi connectivity index (χ3v) is 0.706. The van der Waals surface area contributed by atoms with Crippen LogP contribution in [0.5, 0.6) is 0 Å². The van der Waals surface area contributed by atoms with Crippen LogP contribution in [0.15, 0.2) is 0 Å². The smallest absolute Gasteiger partial charge is 0.130 e. The van der Waals surface area contributed by atoms with E-state index in [9.17, 15) is 4.79 Å². The molecule has 1 nitrogen and oxygen atoms in total. The molecule has 0 aliphatic heterocycles. The molecule has 0 aromatic heterocycles. The zero-order chi connectivity index (χ0) is 5.86. The van der Waals surface area contributed by atoms with Crippen molar-refractivity contribution in [3.63, 3.8) is 0 Å². The van der Waals surface area contributed by atoms with Crippen molar-refractivity contribution in [2.75, 3.05) is 0 Å². The van der Waals surface area contributed by atoms with Crippen LogP contribution in [0.25, 0.3) is 0 Å². The van der Waals surface area contributed by atoms with E-state index in [0.29, 0.717) is 6.42 Å². The number of rotatable bonds is 2. The summed E-state index contributed by atoms with van der Waals surface area (Å²) >= 11 is 3.91. The monoisotopic (exact) mass is 117 g/mol. The minimum atomic E-state index is -0.0301. The first-order chi connectivity index (χ1) is 3.13. The Balaban J connectivity index is 3.13. The molecule has 0 fully saturated rings. The number of hydrogen-bond donors (Lipinski definition) is 1. The predicted molar refractivity (Wildman–Crippen MR) is 33.4 cm³/mol. The molecule has 0 aromatic rings. The van der Waals surface area contributed by atoms with Crippen LogP contribution in [-0.4, -0.2) is 11.0 Å². The van der Waals surface area contributed by atoms with E-state index in [1.807, 2.05) is 0 Å². The van der Waals surface area contributed by atoms with E-state index < -0.39 is 0 Å². The molecule has 2 heteroatoms. The lowest BCUT2D eigenvalue weighted by atomic mass is 10.2. The van der Waals surface area contributed by atoms with Crippen LogP contribution in [0.2, 0.25) is 0 Å². The molecule has 0 rings (SSSR count). The fraction of sp³-hybridized carbons (Fsp3) is 0.600. The normalized spacial score (nSPS) is 13.6. The Labute approximate surface area is 49.5 Å². The molecule has 0 amide bonds. The van der Waals surface area contributed by atoms with E-state index in [1.54, 1.807) is 0 Å². The third kappa shape index (κ3) is 6.02. The summed E-state index contributed by atoms with van der Waals surface area (Å²) in [6.07, 6.45) is 0.475. The molecule has 0 aromatic carbocycles. The Morgan fingerprint density at radius 2 is 2.43 bits per heavy atom. The molecule has 0 bridgehead atoms. The van der Waals surface area contributed by atoms with Crippen LogP contribution >= 0.6 is 12.6 Å². The topological polar surface area (TPSA) is 17.1 Å². The molecule has 1 unspecified atom stereocenters. The molecule has 0 aliphatic carbocycles. The van der Waals surface area contributed by atoms with E-state index in [1.165, 1.54) is 6.92 Å². The van der Waals surface area contributed by atoms with Crippen LogP contribution in [0.3, 0.4) is 0 Å². The van der Waals surface area contributed by atoms with Crippen molar-refractivity contribution in [2.24, 2.45) is 0 Å². The second kappa shape index (κ2) is 3.08. The fourth-order valence-electron chi connectivity index (χ4n) is 0.332. The first-order valence-electron chi connectivity index (χ1n) is 2.13. The van der Waals surface area contributed by atoms with Gasteiger partial charge >= 0.3 is 0 Å². The molecule has 1 radical (unpaired) electrons. The molecule has 0 heterocycles. The van der Waals surface area contributed by atoms with Crippen LogP contribution in [0.1, 0.15) is 13.3 Å². The fourth-order valence-corrected chi connectivity index (χ4v) is 0.589. The van der Waals surface area contributed by atoms with Crippen molar-refractivity contribution >= 4 is 18.4 Å². The van der Waals surface area contributed by atoms with Gasteiger partial charge in [0.25, 0.3) is 0 Å². The maximum atomic E-state index is 10.2. The second-order valence-corrected chi connectivity index (χ2v) is 2.29. The van der Waals surface area contributed by atoms with Crippen LogP contribution in [0.4, 0.5) is 0 Å². The summed E-state index contributed by atoms with van der Waals surface area (Å²) in [6.45, 7) is 5.06. The van der Waals surface area contributed by atoms with Gasteiger partial charge in [-0.25, -0.2) is 0 Å². The van der Waals surface area contributed by atoms with Gasteiger partial charge in [-0.2, -0.15) is 12.6 Å². The summed E-state index contributed by atoms with van der Waals surface area (Å²) in [5.74, 6) is 0.148. The van der Waals surface area contributed by atoms with Gasteiger partial charge < -0.3 is 0 Å². The number of thiol groups is 1. The highest BCUT2D eigenvalue weighted by Crippen LogP contribution is 1.97. The summed E-state index contributed by atoms with van der Waals surface area (Å²) in [5.41, 5.74) is 0. The van der Waals surface area contributed by atoms with E-state index in [0.717, 1.165) is 0 Å². The van der Waals surface area contributed by atoms with E-state index in [4.69, 9.17) is 0 Å². The Hall–Kier alpha value is 0.0200. The SMILES string of the molecule is [CH2]C(S)CC(C)=O. The minimum absolute atomic E-state index is 0.0301. The maximum Gasteiger partial charge on any atom is 0.130 e. The Kier molecular flexibility index (Phi) is 3.09. The van der Waals surface area contributed by atoms with E-state index >= 15 is 0 Å². The number of Topliss-reactive ketones (excluding diaryl/α,β-unsaturated/α-hetero) is 1. The van der Waals surface area contributed by atoms with E-state index in [-0.39, 0.29) is 11.0 Å². The molecule has 0 N–H and O–H groups in total. The van der Waals surface area contributed by atoms with Gasteiger partial charge in [0.05, 0.1) is 0 Å². The van der Waals surface area contributed by atoms with Gasteiger partial charge in [-0.15, -0.1) is 0 Å². The Bertz CT molecular complexity index is 68.5. The zero-order valence-corrected chi connectivity index (χ0v) is 5.24. The number of carbonyl (C=O) groups is 1. The summed E-state index contributed by atoms with van der Waals surface area (Å²) < 4.78 is 0. The van der Waals surface area contributed by atoms with Gasteiger partial charge in [-0.1, -0.05) is 0 Å². The predicted octanol–water partition coefficient (Wildman–Crippen LogP) is 1.10. The average Bonchev–Trinajstić information content (AvgIpc) is 1.27. The summed E-state index contributed by atoms with van der Waals surface area (Å²) in [4.78, 5) is 10.2. The Morgan fingerprint density at radius 3 is 2.43 bits per heavy atom. The molecule has 0 aliphatic rings. The lowest BCUT2D eigenvalue weighted by Gasteiger charge is -1.94. The van der Waals surface area contributed by atoms with Crippen molar-refractivity contribution in [2.45, 2.75) is 18.6 Å². The van der Waals surface area contributed by atoms with Crippen molar-refractivity contribution in [1.29, 1.82) is 0 Å². The standard InChI is InChI=1S/C5H9OS/c1-4(6)3-5(2)7/h5,7H,2-3H2,1H3. The molecule has 7 heavy (non-hydrogen) atoms. The lowest BCUT2D eigenvalue weighted by Crippen LogP contribution is -1.98. The third-order valence-electron chi connectivity index (χ3n) is 0.523. The highest BCUT2D eigenvalue weighted by molar-refractivity contribution is 7.81. The van der Waals surface area contributed by atoms with Gasteiger partial charge in [0.2, 0.25) is 0 Å². The van der Waals surface area contributed by atoms with Gasteiger partial charge in [0, 0.05) is 11.7 Å². The molecule has 0 saturated heterocycles. The zero-order valence-electron chi connectivity index (χ0n) is 4.35. The summed E-state index contributed by atoms with van der Waals surface area (Å²) in [7, 11) is 0. The number of carbonyl (C=O) groups excluding carboxylic acids is 1. The van der Waals surface area contributed by atoms with Crippen molar-refractivity contribution < 1.29 is 4.79 Å². The van der Waals surface area contributed by atoms with Crippen LogP contribution in [0, 0.1) is 6.92 Å². The second-order valence-electron chi connectivity index (χ2n) is 1.56. The highest BCUT2D eigenvalue weighted by Gasteiger charge is 1.96. The average molecular weight is 117 g/mol. The van der Waals surface area contributed by atoms with E-state index in [2.05, 4.69) is 19.6 Å². The van der Waals surface area contributed by atoms with Gasteiger partial charge in [-0.3, -0.25) is 4.79 Å². The van der Waals surface area contributed by atoms with Gasteiger partial charge in [0.15, 0.2) is 0 Å². The van der Waals surface area contributed by atoms with Gasteiger partial charge in [-0.05, 0) is 13.8 Å². The quantitative estimate of drug-likeness (QED) is 0.536. The first kappa shape index (κ1) is 7.02. The first-order valence-corrected chi connectivity index (χ1v) is 2.65. The molecular formula is C5H9OS. The number of hydrogen-bond acceptors (Lipinski definition) is 2. The van der Waals surface area contributed by atoms with Crippen LogP contribution in [-0.2, 0) is 4.79 Å². The largest absolute Gasteiger partial charge is 0.300 e. The molecule has 1 atom stereocenters. The van der Waals surface area contributed by atoms with Crippen molar-refractivity contribution in [1.82, 2.24) is 0 Å². The molecule has 0 spiro atoms. The lowest BCUT2D eigenvalue weighted by molar-refractivity contribution is -0.116. The van der Waals surface area contributed by atoms with Crippen molar-refractivity contribution in [3.8, 4) is 0 Å². The maximum absolute atomic E-state index is 10.2. The molecular weight excluding hydrogens is 108 g/mol. The number of ketones is 1. The molecule has 41 valence electrons. The van der Waals surface area contributed by atoms with Crippen molar-refractivity contribution in [3.05, 3.63) is 6.92 Å². The Morgan fingerprint density at radius 1 is 2.00 bits per heavy atom. The summed E-state index contributed by atoms with van der Waals surface area (Å²) in [5, 5.41) is -0.0301. The highest BCUT2D eigenvalue weighted by atomic mass is 32.1. The van der Waals surface area contributed by atoms with Gasteiger partial charge in [0.1, 0.15) is 5.78 Å². The van der Waals surface area contributed by atoms with Crippen LogP contribution < -0.4 is 0 Å².